The number of carboxylic acid groups (broad SMARTS) is 1. The summed E-state index contributed by atoms with van der Waals surface area (Å²) in [7, 11) is -4.83. The monoisotopic (exact) mass is 518 g/mol. The Labute approximate surface area is 229 Å². The van der Waals surface area contributed by atoms with Gasteiger partial charge in [0.15, 0.2) is 5.25 Å². The van der Waals surface area contributed by atoms with Crippen molar-refractivity contribution in [3.05, 3.63) is 0 Å². The molecular weight excluding hydrogens is 471 g/mol. The first kappa shape index (κ1) is 36.0. The van der Waals surface area contributed by atoms with Gasteiger partial charge in [0, 0.05) is 6.61 Å². The molecule has 0 aromatic rings. The minimum absolute atomic E-state index is 0. The fourth-order valence-corrected chi connectivity index (χ4v) is 4.28. The van der Waals surface area contributed by atoms with E-state index in [2.05, 4.69) is 6.92 Å². The van der Waals surface area contributed by atoms with Crippen LogP contribution in [0, 0.1) is 0 Å². The van der Waals surface area contributed by atoms with E-state index >= 15 is 0 Å². The maximum absolute atomic E-state index is 11.6. The topological polar surface area (TPSA) is 127 Å². The molecule has 8 nitrogen and oxygen atoms in total. The molecule has 10 heteroatoms. The van der Waals surface area contributed by atoms with Gasteiger partial charge in [-0.25, -0.2) is 0 Å². The average molecular weight is 519 g/mol. The van der Waals surface area contributed by atoms with Gasteiger partial charge in [-0.3, -0.25) is 14.1 Å². The van der Waals surface area contributed by atoms with Crippen molar-refractivity contribution in [1.82, 2.24) is 0 Å². The molecule has 0 saturated carbocycles. The number of hydrogen-bond acceptors (Lipinski definition) is 6. The van der Waals surface area contributed by atoms with Crippen LogP contribution in [0.1, 0.15) is 116 Å². The number of unbranched alkanes of at least 4 members (excludes halogenated alkanes) is 15. The van der Waals surface area contributed by atoms with Crippen molar-refractivity contribution in [2.45, 2.75) is 121 Å². The first-order chi connectivity index (χ1) is 15.8. The van der Waals surface area contributed by atoms with Crippen molar-refractivity contribution < 1.29 is 37.1 Å². The number of rotatable bonds is 24. The van der Waals surface area contributed by atoms with Crippen molar-refractivity contribution in [3.8, 4) is 0 Å². The van der Waals surface area contributed by atoms with Gasteiger partial charge in [0.2, 0.25) is 0 Å². The van der Waals surface area contributed by atoms with Crippen LogP contribution in [-0.4, -0.2) is 84.6 Å². The minimum atomic E-state index is -4.83. The molecule has 0 aliphatic carbocycles. The van der Waals surface area contributed by atoms with E-state index in [1.807, 2.05) is 0 Å². The van der Waals surface area contributed by atoms with Crippen molar-refractivity contribution in [2.24, 2.45) is 0 Å². The zero-order valence-corrected chi connectivity index (χ0v) is 21.3. The van der Waals surface area contributed by atoms with Gasteiger partial charge in [-0.05, 0) is 6.42 Å². The van der Waals surface area contributed by atoms with Crippen molar-refractivity contribution in [3.63, 3.8) is 0 Å². The van der Waals surface area contributed by atoms with Crippen molar-refractivity contribution >= 4 is 51.6 Å². The summed E-state index contributed by atoms with van der Waals surface area (Å²) in [5, 5.41) is 6.51. The first-order valence-electron chi connectivity index (χ1n) is 12.7. The summed E-state index contributed by atoms with van der Waals surface area (Å²) in [6, 6.07) is 0. The third-order valence-electron chi connectivity index (χ3n) is 5.60. The maximum atomic E-state index is 11.6. The molecule has 198 valence electrons. The molecule has 0 aromatic carbocycles. The molecule has 1 unspecified atom stereocenters. The van der Waals surface area contributed by atoms with E-state index in [0.29, 0.717) is 6.61 Å². The van der Waals surface area contributed by atoms with Crippen LogP contribution >= 0.6 is 0 Å². The summed E-state index contributed by atoms with van der Waals surface area (Å²) >= 11 is 0. The first-order valence-corrected chi connectivity index (χ1v) is 14.2. The van der Waals surface area contributed by atoms with E-state index in [-0.39, 0.29) is 42.8 Å². The fraction of sp³-hybridized carbons (Fsp3) is 0.917. The molecule has 0 fully saturated rings. The van der Waals surface area contributed by atoms with Crippen LogP contribution in [0.4, 0.5) is 0 Å². The second-order valence-electron chi connectivity index (χ2n) is 8.68. The van der Waals surface area contributed by atoms with E-state index in [4.69, 9.17) is 19.1 Å². The number of aliphatic carboxylic acids is 1. The van der Waals surface area contributed by atoms with Gasteiger partial charge in [0.25, 0.3) is 10.1 Å². The Bertz CT molecular complexity index is 598. The van der Waals surface area contributed by atoms with Crippen LogP contribution in [-0.2, 0) is 29.2 Å². The fourth-order valence-electron chi connectivity index (χ4n) is 3.62. The van der Waals surface area contributed by atoms with Crippen LogP contribution in [0.5, 0.6) is 0 Å². The summed E-state index contributed by atoms with van der Waals surface area (Å²) < 4.78 is 41.1. The van der Waals surface area contributed by atoms with Gasteiger partial charge in [0.1, 0.15) is 6.61 Å². The molecule has 0 rings (SSSR count). The summed E-state index contributed by atoms with van der Waals surface area (Å²) in [5.74, 6) is -2.81. The van der Waals surface area contributed by atoms with Crippen LogP contribution < -0.4 is 0 Å². The number of esters is 1. The van der Waals surface area contributed by atoms with Crippen LogP contribution in [0.2, 0.25) is 0 Å². The predicted octanol–water partition coefficient (Wildman–Crippen LogP) is 4.89. The summed E-state index contributed by atoms with van der Waals surface area (Å²) in [6.07, 6.45) is 19.6. The van der Waals surface area contributed by atoms with Gasteiger partial charge < -0.3 is 14.6 Å². The SMILES string of the molecule is CCCCCCCCCCCCCCCCCCOCCOC(=O)C(CC(=O)O)S(=O)(=O)O.[NaH]. The van der Waals surface area contributed by atoms with Crippen molar-refractivity contribution in [1.29, 1.82) is 0 Å². The molecule has 0 saturated heterocycles. The number of carbonyl (C=O) groups excluding carboxylic acids is 1. The predicted molar refractivity (Wildman–Crippen MR) is 136 cm³/mol. The zero-order chi connectivity index (χ0) is 24.8. The Hall–Kier alpha value is -0.190. The van der Waals surface area contributed by atoms with E-state index in [1.165, 1.54) is 89.9 Å². The molecule has 0 aliphatic heterocycles. The Morgan fingerprint density at radius 2 is 1.12 bits per heavy atom. The Morgan fingerprint density at radius 1 is 0.706 bits per heavy atom. The van der Waals surface area contributed by atoms with Gasteiger partial charge in [-0.15, -0.1) is 0 Å². The Kier molecular flexibility index (Phi) is 25.9. The van der Waals surface area contributed by atoms with E-state index in [1.54, 1.807) is 0 Å². The van der Waals surface area contributed by atoms with Gasteiger partial charge in [-0.1, -0.05) is 103 Å². The summed E-state index contributed by atoms with van der Waals surface area (Å²) in [6.45, 7) is 2.68. The molecule has 1 atom stereocenters. The molecule has 0 aromatic heterocycles. The quantitative estimate of drug-likeness (QED) is 0.0800. The molecule has 34 heavy (non-hydrogen) atoms. The van der Waals surface area contributed by atoms with Crippen LogP contribution in [0.25, 0.3) is 0 Å². The van der Waals surface area contributed by atoms with Gasteiger partial charge in [0.05, 0.1) is 13.0 Å². The molecule has 0 heterocycles. The third-order valence-corrected chi connectivity index (χ3v) is 6.67. The summed E-state index contributed by atoms with van der Waals surface area (Å²) in [4.78, 5) is 22.2. The molecular formula is C24H47NaO8S. The Balaban J connectivity index is 0. The van der Waals surface area contributed by atoms with E-state index in [0.717, 1.165) is 12.8 Å². The molecule has 0 spiro atoms. The Morgan fingerprint density at radius 3 is 1.50 bits per heavy atom. The standard InChI is InChI=1S/C24H46O8S.Na.H/c1-2-3-4-5-6-7-8-9-10-11-12-13-14-15-16-17-18-31-19-20-32-24(27)22(21-23(25)26)33(28,29)30;;/h22H,2-21H2,1H3,(H,25,26)(H,28,29,30);;. The summed E-state index contributed by atoms with van der Waals surface area (Å²) in [5.41, 5.74) is 0. The van der Waals surface area contributed by atoms with Gasteiger partial charge in [-0.2, -0.15) is 8.42 Å². The molecule has 2 N–H and O–H groups in total. The van der Waals surface area contributed by atoms with E-state index < -0.39 is 33.7 Å². The van der Waals surface area contributed by atoms with Crippen LogP contribution in [0.3, 0.4) is 0 Å². The molecule has 0 bridgehead atoms. The number of hydrogen-bond donors (Lipinski definition) is 2. The second kappa shape index (κ2) is 24.5. The van der Waals surface area contributed by atoms with Gasteiger partial charge >= 0.3 is 41.5 Å². The van der Waals surface area contributed by atoms with E-state index in [9.17, 15) is 18.0 Å². The number of carboxylic acids is 1. The molecule has 0 radical (unpaired) electrons. The number of ether oxygens (including phenoxy) is 2. The zero-order valence-electron chi connectivity index (χ0n) is 20.5. The second-order valence-corrected chi connectivity index (χ2v) is 10.3. The number of carbonyl (C=O) groups is 2. The normalized spacial score (nSPS) is 12.2. The third kappa shape index (κ3) is 23.5. The van der Waals surface area contributed by atoms with Crippen LogP contribution in [0.15, 0.2) is 0 Å². The molecule has 0 amide bonds. The molecule has 0 aliphatic rings. The average Bonchev–Trinajstić information content (AvgIpc) is 2.75. The van der Waals surface area contributed by atoms with Crippen molar-refractivity contribution in [2.75, 3.05) is 19.8 Å².